The number of nitrogens with zero attached hydrogens (tertiary/aromatic N) is 2. The van der Waals surface area contributed by atoms with Gasteiger partial charge in [0.2, 0.25) is 5.91 Å². The van der Waals surface area contributed by atoms with Crippen molar-refractivity contribution in [2.75, 3.05) is 6.54 Å². The lowest BCUT2D eigenvalue weighted by molar-refractivity contribution is -0.129. The molecule has 1 unspecified atom stereocenters. The summed E-state index contributed by atoms with van der Waals surface area (Å²) in [6.45, 7) is 3.01. The fourth-order valence-corrected chi connectivity index (χ4v) is 3.50. The van der Waals surface area contributed by atoms with Gasteiger partial charge < -0.3 is 4.90 Å². The van der Waals surface area contributed by atoms with Crippen LogP contribution in [0.2, 0.25) is 0 Å². The second-order valence-electron chi connectivity index (χ2n) is 5.23. The monoisotopic (exact) mass is 286 g/mol. The Hall–Kier alpha value is -1.68. The average Bonchev–Trinajstić information content (AvgIpc) is 2.88. The Morgan fingerprint density at radius 1 is 1.40 bits per heavy atom. The van der Waals surface area contributed by atoms with Crippen LogP contribution in [-0.4, -0.2) is 28.4 Å². The van der Waals surface area contributed by atoms with E-state index in [0.717, 1.165) is 34.6 Å². The summed E-state index contributed by atoms with van der Waals surface area (Å²) in [7, 11) is 0. The van der Waals surface area contributed by atoms with Crippen molar-refractivity contribution in [3.63, 3.8) is 0 Å². The first kappa shape index (κ1) is 13.3. The van der Waals surface area contributed by atoms with Gasteiger partial charge in [0.15, 0.2) is 0 Å². The van der Waals surface area contributed by atoms with E-state index in [1.807, 2.05) is 29.2 Å². The van der Waals surface area contributed by atoms with E-state index in [0.29, 0.717) is 6.04 Å². The van der Waals surface area contributed by atoms with Gasteiger partial charge in [0.25, 0.3) is 0 Å². The molecular weight excluding hydrogens is 268 g/mol. The predicted octanol–water partition coefficient (Wildman–Crippen LogP) is 3.71. The molecule has 2 heterocycles. The summed E-state index contributed by atoms with van der Waals surface area (Å²) >= 11 is 1.62. The van der Waals surface area contributed by atoms with Crippen molar-refractivity contribution in [1.29, 1.82) is 0 Å². The zero-order chi connectivity index (χ0) is 13.9. The number of hydrogen-bond acceptors (Lipinski definition) is 3. The Morgan fingerprint density at radius 2 is 2.25 bits per heavy atom. The summed E-state index contributed by atoms with van der Waals surface area (Å²) < 4.78 is 1.16. The number of fused-ring (bicyclic) bond motifs is 1. The van der Waals surface area contributed by atoms with Gasteiger partial charge in [0, 0.05) is 18.7 Å². The Bertz CT molecular complexity index is 614. The Morgan fingerprint density at radius 3 is 3.05 bits per heavy atom. The van der Waals surface area contributed by atoms with Crippen LogP contribution in [0.4, 0.5) is 0 Å². The molecule has 1 atom stereocenters. The van der Waals surface area contributed by atoms with E-state index in [-0.39, 0.29) is 5.91 Å². The normalized spacial score (nSPS) is 19.9. The number of aromatic nitrogens is 1. The highest BCUT2D eigenvalue weighted by molar-refractivity contribution is 7.19. The molecule has 1 aliphatic rings. The third-order valence-corrected chi connectivity index (χ3v) is 4.77. The molecule has 0 bridgehead atoms. The Balaban J connectivity index is 1.74. The quantitative estimate of drug-likeness (QED) is 0.788. The van der Waals surface area contributed by atoms with Crippen LogP contribution in [0.25, 0.3) is 16.3 Å². The molecule has 0 saturated carbocycles. The van der Waals surface area contributed by atoms with Crippen LogP contribution >= 0.6 is 11.3 Å². The molecule has 1 fully saturated rings. The van der Waals surface area contributed by atoms with Crippen molar-refractivity contribution in [1.82, 2.24) is 9.88 Å². The summed E-state index contributed by atoms with van der Waals surface area (Å²) in [5.41, 5.74) is 0.996. The van der Waals surface area contributed by atoms with Crippen LogP contribution in [0.15, 0.2) is 30.3 Å². The van der Waals surface area contributed by atoms with Crippen LogP contribution in [0.1, 0.15) is 31.2 Å². The largest absolute Gasteiger partial charge is 0.336 e. The third-order valence-electron chi connectivity index (χ3n) is 3.76. The van der Waals surface area contributed by atoms with E-state index in [1.165, 1.54) is 6.42 Å². The van der Waals surface area contributed by atoms with E-state index in [9.17, 15) is 4.79 Å². The SMILES string of the molecule is CC1CCCCN1C(=O)/C=C/c1nc2ccccc2s1. The number of rotatable bonds is 2. The average molecular weight is 286 g/mol. The number of carbonyl (C=O) groups is 1. The highest BCUT2D eigenvalue weighted by Gasteiger charge is 2.21. The number of amides is 1. The lowest BCUT2D eigenvalue weighted by atomic mass is 10.0. The molecule has 4 heteroatoms. The van der Waals surface area contributed by atoms with Crippen LogP contribution in [0, 0.1) is 0 Å². The minimum atomic E-state index is 0.108. The van der Waals surface area contributed by atoms with Crippen LogP contribution in [0.5, 0.6) is 0 Å². The molecule has 0 aliphatic carbocycles. The van der Waals surface area contributed by atoms with Gasteiger partial charge in [0.05, 0.1) is 10.2 Å². The standard InChI is InChI=1S/C16H18N2OS/c1-12-6-4-5-11-18(12)16(19)10-9-15-17-13-7-2-3-8-14(13)20-15/h2-3,7-10,12H,4-6,11H2,1H3/b10-9+. The first-order valence-electron chi connectivity index (χ1n) is 7.08. The molecule has 3 rings (SSSR count). The molecule has 1 aromatic carbocycles. The van der Waals surface area contributed by atoms with Crippen LogP contribution < -0.4 is 0 Å². The van der Waals surface area contributed by atoms with Gasteiger partial charge in [0.1, 0.15) is 5.01 Å². The predicted molar refractivity (Wildman–Crippen MR) is 83.7 cm³/mol. The number of thiazole rings is 1. The van der Waals surface area contributed by atoms with Gasteiger partial charge in [-0.15, -0.1) is 11.3 Å². The molecule has 20 heavy (non-hydrogen) atoms. The molecular formula is C16H18N2OS. The second-order valence-corrected chi connectivity index (χ2v) is 6.29. The van der Waals surface area contributed by atoms with E-state index in [2.05, 4.69) is 18.0 Å². The van der Waals surface area contributed by atoms with E-state index < -0.39 is 0 Å². The maximum atomic E-state index is 12.2. The highest BCUT2D eigenvalue weighted by atomic mass is 32.1. The zero-order valence-electron chi connectivity index (χ0n) is 11.6. The maximum Gasteiger partial charge on any atom is 0.246 e. The zero-order valence-corrected chi connectivity index (χ0v) is 12.4. The van der Waals surface area contributed by atoms with Crippen LogP contribution in [0.3, 0.4) is 0 Å². The number of hydrogen-bond donors (Lipinski definition) is 0. The van der Waals surface area contributed by atoms with Gasteiger partial charge >= 0.3 is 0 Å². The van der Waals surface area contributed by atoms with Gasteiger partial charge in [-0.3, -0.25) is 4.79 Å². The molecule has 1 aromatic heterocycles. The summed E-state index contributed by atoms with van der Waals surface area (Å²) in [6.07, 6.45) is 6.96. The summed E-state index contributed by atoms with van der Waals surface area (Å²) in [5.74, 6) is 0.108. The highest BCUT2D eigenvalue weighted by Crippen LogP contribution is 2.23. The molecule has 1 aliphatic heterocycles. The Kier molecular flexibility index (Phi) is 3.83. The van der Waals surface area contributed by atoms with Gasteiger partial charge in [-0.05, 0) is 44.4 Å². The van der Waals surface area contributed by atoms with Crippen molar-refractivity contribution in [2.45, 2.75) is 32.2 Å². The van der Waals surface area contributed by atoms with Gasteiger partial charge in [-0.1, -0.05) is 12.1 Å². The molecule has 0 N–H and O–H groups in total. The molecule has 0 radical (unpaired) electrons. The fourth-order valence-electron chi connectivity index (χ4n) is 2.63. The second kappa shape index (κ2) is 5.75. The van der Waals surface area contributed by atoms with Crippen molar-refractivity contribution in [2.24, 2.45) is 0 Å². The molecule has 3 nitrogen and oxygen atoms in total. The van der Waals surface area contributed by atoms with Crippen molar-refractivity contribution in [3.8, 4) is 0 Å². The topological polar surface area (TPSA) is 33.2 Å². The molecule has 1 amide bonds. The molecule has 104 valence electrons. The number of para-hydroxylation sites is 1. The molecule has 2 aromatic rings. The van der Waals surface area contributed by atoms with E-state index in [1.54, 1.807) is 17.4 Å². The first-order valence-corrected chi connectivity index (χ1v) is 7.90. The smallest absolute Gasteiger partial charge is 0.246 e. The van der Waals surface area contributed by atoms with Gasteiger partial charge in [-0.2, -0.15) is 0 Å². The number of piperidine rings is 1. The van der Waals surface area contributed by atoms with E-state index in [4.69, 9.17) is 0 Å². The summed E-state index contributed by atoms with van der Waals surface area (Å²) in [6, 6.07) is 8.40. The van der Waals surface area contributed by atoms with Crippen molar-refractivity contribution in [3.05, 3.63) is 35.3 Å². The van der Waals surface area contributed by atoms with Crippen LogP contribution in [-0.2, 0) is 4.79 Å². The van der Waals surface area contributed by atoms with E-state index >= 15 is 0 Å². The number of benzene rings is 1. The van der Waals surface area contributed by atoms with Gasteiger partial charge in [-0.25, -0.2) is 4.98 Å². The number of likely N-dealkylation sites (tertiary alicyclic amines) is 1. The Labute approximate surface area is 122 Å². The summed E-state index contributed by atoms with van der Waals surface area (Å²) in [5, 5.41) is 0.893. The summed E-state index contributed by atoms with van der Waals surface area (Å²) in [4.78, 5) is 18.7. The number of carbonyl (C=O) groups excluding carboxylic acids is 1. The van der Waals surface area contributed by atoms with Crippen molar-refractivity contribution >= 4 is 33.5 Å². The minimum Gasteiger partial charge on any atom is -0.336 e. The minimum absolute atomic E-state index is 0.108. The molecule has 0 spiro atoms. The lowest BCUT2D eigenvalue weighted by Crippen LogP contribution is -2.41. The van der Waals surface area contributed by atoms with Crippen molar-refractivity contribution < 1.29 is 4.79 Å². The maximum absolute atomic E-state index is 12.2. The molecule has 1 saturated heterocycles. The fraction of sp³-hybridized carbons (Fsp3) is 0.375. The first-order chi connectivity index (χ1) is 9.74. The lowest BCUT2D eigenvalue weighted by Gasteiger charge is -2.32. The third kappa shape index (κ3) is 2.75.